The summed E-state index contributed by atoms with van der Waals surface area (Å²) in [6, 6.07) is 6.81. The fourth-order valence-electron chi connectivity index (χ4n) is 2.80. The van der Waals surface area contributed by atoms with E-state index >= 15 is 0 Å². The van der Waals surface area contributed by atoms with Crippen LogP contribution in [0.5, 0.6) is 5.75 Å². The van der Waals surface area contributed by atoms with E-state index in [1.165, 1.54) is 37.8 Å². The quantitative estimate of drug-likeness (QED) is 0.768. The molecule has 0 amide bonds. The average Bonchev–Trinajstić information content (AvgIpc) is 2.51. The highest BCUT2D eigenvalue weighted by atomic mass is 79.9. The van der Waals surface area contributed by atoms with Crippen LogP contribution in [-0.2, 0) is 0 Å². The minimum absolute atomic E-state index is 0.511. The van der Waals surface area contributed by atoms with Crippen molar-refractivity contribution in [2.24, 2.45) is 5.41 Å². The van der Waals surface area contributed by atoms with Gasteiger partial charge in [-0.05, 0) is 65.2 Å². The van der Waals surface area contributed by atoms with Crippen molar-refractivity contribution >= 4 is 21.6 Å². The van der Waals surface area contributed by atoms with Crippen molar-refractivity contribution < 1.29 is 4.74 Å². The standard InChI is InChI=1S/C16H24BrNO/c1-16(2)9-4-5-12(8-10-16)18-13-6-7-15(19-3)14(17)11-13/h6-7,11-12,18H,4-5,8-10H2,1-3H3. The number of nitrogens with one attached hydrogen (secondary N) is 1. The number of methoxy groups -OCH3 is 1. The maximum absolute atomic E-state index is 5.26. The van der Waals surface area contributed by atoms with Gasteiger partial charge in [-0.1, -0.05) is 20.3 Å². The first-order valence-electron chi connectivity index (χ1n) is 7.10. The van der Waals surface area contributed by atoms with Gasteiger partial charge >= 0.3 is 0 Å². The summed E-state index contributed by atoms with van der Waals surface area (Å²) in [4.78, 5) is 0. The third-order valence-corrected chi connectivity index (χ3v) is 4.72. The first-order chi connectivity index (χ1) is 9.00. The van der Waals surface area contributed by atoms with Crippen LogP contribution < -0.4 is 10.1 Å². The highest BCUT2D eigenvalue weighted by molar-refractivity contribution is 9.10. The molecular formula is C16H24BrNO. The smallest absolute Gasteiger partial charge is 0.133 e. The van der Waals surface area contributed by atoms with Gasteiger partial charge in [-0.25, -0.2) is 0 Å². The lowest BCUT2D eigenvalue weighted by molar-refractivity contribution is 0.313. The van der Waals surface area contributed by atoms with Crippen LogP contribution in [0.2, 0.25) is 0 Å². The van der Waals surface area contributed by atoms with Crippen molar-refractivity contribution in [1.82, 2.24) is 0 Å². The van der Waals surface area contributed by atoms with Gasteiger partial charge in [0, 0.05) is 11.7 Å². The normalized spacial score (nSPS) is 22.6. The van der Waals surface area contributed by atoms with E-state index in [4.69, 9.17) is 4.74 Å². The van der Waals surface area contributed by atoms with Gasteiger partial charge in [0.1, 0.15) is 5.75 Å². The fraction of sp³-hybridized carbons (Fsp3) is 0.625. The van der Waals surface area contributed by atoms with Crippen molar-refractivity contribution in [2.75, 3.05) is 12.4 Å². The molecule has 1 aliphatic rings. The molecule has 19 heavy (non-hydrogen) atoms. The summed E-state index contributed by atoms with van der Waals surface area (Å²) in [7, 11) is 1.70. The number of halogens is 1. The second-order valence-corrected chi connectivity index (χ2v) is 7.14. The van der Waals surface area contributed by atoms with Crippen molar-refractivity contribution in [1.29, 1.82) is 0 Å². The third kappa shape index (κ3) is 4.13. The number of hydrogen-bond donors (Lipinski definition) is 1. The summed E-state index contributed by atoms with van der Waals surface area (Å²) in [5.41, 5.74) is 1.69. The lowest BCUT2D eigenvalue weighted by atomic mass is 9.85. The molecule has 1 aromatic carbocycles. The summed E-state index contributed by atoms with van der Waals surface area (Å²) < 4.78 is 6.27. The number of hydrogen-bond acceptors (Lipinski definition) is 2. The molecule has 1 aliphatic carbocycles. The van der Waals surface area contributed by atoms with Gasteiger partial charge in [0.15, 0.2) is 0 Å². The Bertz CT molecular complexity index is 431. The number of rotatable bonds is 3. The van der Waals surface area contributed by atoms with Crippen LogP contribution >= 0.6 is 15.9 Å². The van der Waals surface area contributed by atoms with E-state index in [1.54, 1.807) is 7.11 Å². The van der Waals surface area contributed by atoms with E-state index < -0.39 is 0 Å². The molecule has 106 valence electrons. The summed E-state index contributed by atoms with van der Waals surface area (Å²) in [5.74, 6) is 0.882. The molecule has 1 aromatic rings. The largest absolute Gasteiger partial charge is 0.496 e. The topological polar surface area (TPSA) is 21.3 Å². The van der Waals surface area contributed by atoms with Crippen LogP contribution in [0.3, 0.4) is 0 Å². The molecule has 2 nitrogen and oxygen atoms in total. The van der Waals surface area contributed by atoms with E-state index in [9.17, 15) is 0 Å². The number of benzene rings is 1. The van der Waals surface area contributed by atoms with Crippen LogP contribution in [0.4, 0.5) is 5.69 Å². The molecular weight excluding hydrogens is 302 g/mol. The Kier molecular flexibility index (Phi) is 4.77. The summed E-state index contributed by atoms with van der Waals surface area (Å²) >= 11 is 3.54. The van der Waals surface area contributed by atoms with Crippen LogP contribution in [0, 0.1) is 5.41 Å². The predicted molar refractivity (Wildman–Crippen MR) is 85.0 cm³/mol. The van der Waals surface area contributed by atoms with Gasteiger partial charge in [0.2, 0.25) is 0 Å². The molecule has 1 fully saturated rings. The van der Waals surface area contributed by atoms with E-state index in [-0.39, 0.29) is 0 Å². The highest BCUT2D eigenvalue weighted by Crippen LogP contribution is 2.35. The SMILES string of the molecule is COc1ccc(NC2CCCC(C)(C)CC2)cc1Br. The van der Waals surface area contributed by atoms with E-state index in [0.29, 0.717) is 11.5 Å². The van der Waals surface area contributed by atoms with E-state index in [1.807, 2.05) is 6.07 Å². The molecule has 1 atom stereocenters. The maximum Gasteiger partial charge on any atom is 0.133 e. The summed E-state index contributed by atoms with van der Waals surface area (Å²) in [6.07, 6.45) is 6.51. The Morgan fingerprint density at radius 2 is 2.05 bits per heavy atom. The van der Waals surface area contributed by atoms with E-state index in [2.05, 4.69) is 47.2 Å². The van der Waals surface area contributed by atoms with Gasteiger partial charge < -0.3 is 10.1 Å². The van der Waals surface area contributed by atoms with Crippen molar-refractivity contribution in [3.8, 4) is 5.75 Å². The van der Waals surface area contributed by atoms with Gasteiger partial charge in [0.25, 0.3) is 0 Å². The Hall–Kier alpha value is -0.700. The van der Waals surface area contributed by atoms with Crippen LogP contribution in [0.25, 0.3) is 0 Å². The van der Waals surface area contributed by atoms with Gasteiger partial charge in [-0.2, -0.15) is 0 Å². The molecule has 2 rings (SSSR count). The number of anilines is 1. The minimum atomic E-state index is 0.511. The Labute approximate surface area is 125 Å². The predicted octanol–water partition coefficient (Wildman–Crippen LogP) is 5.23. The Morgan fingerprint density at radius 1 is 1.26 bits per heavy atom. The fourth-order valence-corrected chi connectivity index (χ4v) is 3.34. The second-order valence-electron chi connectivity index (χ2n) is 6.29. The van der Waals surface area contributed by atoms with Crippen molar-refractivity contribution in [3.05, 3.63) is 22.7 Å². The zero-order chi connectivity index (χ0) is 13.9. The van der Waals surface area contributed by atoms with Crippen LogP contribution in [0.1, 0.15) is 46.0 Å². The monoisotopic (exact) mass is 325 g/mol. The average molecular weight is 326 g/mol. The molecule has 0 heterocycles. The highest BCUT2D eigenvalue weighted by Gasteiger charge is 2.24. The molecule has 1 N–H and O–H groups in total. The maximum atomic E-state index is 5.26. The van der Waals surface area contributed by atoms with Crippen LogP contribution in [0.15, 0.2) is 22.7 Å². The molecule has 1 saturated carbocycles. The summed E-state index contributed by atoms with van der Waals surface area (Å²) in [5, 5.41) is 3.67. The van der Waals surface area contributed by atoms with Gasteiger partial charge in [-0.15, -0.1) is 0 Å². The van der Waals surface area contributed by atoms with E-state index in [0.717, 1.165) is 10.2 Å². The lowest BCUT2D eigenvalue weighted by Crippen LogP contribution is -2.19. The number of ether oxygens (including phenoxy) is 1. The van der Waals surface area contributed by atoms with Crippen molar-refractivity contribution in [2.45, 2.75) is 52.0 Å². The molecule has 0 aromatic heterocycles. The molecule has 0 radical (unpaired) electrons. The molecule has 0 aliphatic heterocycles. The van der Waals surface area contributed by atoms with Gasteiger partial charge in [-0.3, -0.25) is 0 Å². The minimum Gasteiger partial charge on any atom is -0.496 e. The van der Waals surface area contributed by atoms with Gasteiger partial charge in [0.05, 0.1) is 11.6 Å². The second kappa shape index (κ2) is 6.17. The summed E-state index contributed by atoms with van der Waals surface area (Å²) in [6.45, 7) is 4.78. The molecule has 0 bridgehead atoms. The first-order valence-corrected chi connectivity index (χ1v) is 7.89. The van der Waals surface area contributed by atoms with Crippen molar-refractivity contribution in [3.63, 3.8) is 0 Å². The first kappa shape index (κ1) is 14.7. The lowest BCUT2D eigenvalue weighted by Gasteiger charge is -2.22. The zero-order valence-electron chi connectivity index (χ0n) is 12.1. The molecule has 0 saturated heterocycles. The third-order valence-electron chi connectivity index (χ3n) is 4.10. The molecule has 3 heteroatoms. The molecule has 0 spiro atoms. The Balaban J connectivity index is 1.99. The zero-order valence-corrected chi connectivity index (χ0v) is 13.7. The Morgan fingerprint density at radius 3 is 2.74 bits per heavy atom. The van der Waals surface area contributed by atoms with Crippen LogP contribution in [-0.4, -0.2) is 13.2 Å². The molecule has 1 unspecified atom stereocenters.